The minimum absolute atomic E-state index is 0.0974. The fourth-order valence-electron chi connectivity index (χ4n) is 3.74. The lowest BCUT2D eigenvalue weighted by atomic mass is 10.0. The van der Waals surface area contributed by atoms with E-state index in [1.54, 1.807) is 12.5 Å². The molecule has 0 bridgehead atoms. The van der Waals surface area contributed by atoms with Crippen LogP contribution in [0.25, 0.3) is 10.8 Å². The Labute approximate surface area is 153 Å². The smallest absolute Gasteiger partial charge is 0.224 e. The Morgan fingerprint density at radius 3 is 2.65 bits per heavy atom. The van der Waals surface area contributed by atoms with Gasteiger partial charge in [-0.15, -0.1) is 0 Å². The standard InChI is InChI=1S/C22H24N2O2/c25-22(13-18-7-4-8-19-15-26-16-21(18)19)23-20-9-11-24(12-10-20)14-17-5-2-1-3-6-17/h1-8,15-16,20H,9-14H2,(H,23,25). The highest BCUT2D eigenvalue weighted by molar-refractivity contribution is 5.89. The minimum Gasteiger partial charge on any atom is -0.471 e. The molecule has 0 spiro atoms. The van der Waals surface area contributed by atoms with Crippen molar-refractivity contribution in [3.05, 3.63) is 72.2 Å². The Morgan fingerprint density at radius 1 is 1.04 bits per heavy atom. The third-order valence-electron chi connectivity index (χ3n) is 5.16. The fourth-order valence-corrected chi connectivity index (χ4v) is 3.74. The quantitative estimate of drug-likeness (QED) is 0.764. The maximum Gasteiger partial charge on any atom is 0.224 e. The number of amides is 1. The number of hydrogen-bond acceptors (Lipinski definition) is 3. The van der Waals surface area contributed by atoms with Crippen molar-refractivity contribution in [2.75, 3.05) is 13.1 Å². The van der Waals surface area contributed by atoms with Crippen LogP contribution in [0, 0.1) is 0 Å². The van der Waals surface area contributed by atoms with Crippen LogP contribution in [0.3, 0.4) is 0 Å². The van der Waals surface area contributed by atoms with Crippen LogP contribution in [0.4, 0.5) is 0 Å². The molecule has 1 aliphatic rings. The number of fused-ring (bicyclic) bond motifs is 1. The van der Waals surface area contributed by atoms with Crippen LogP contribution < -0.4 is 5.32 Å². The minimum atomic E-state index is 0.0974. The van der Waals surface area contributed by atoms with Crippen LogP contribution in [0.15, 0.2) is 65.5 Å². The number of piperidine rings is 1. The largest absolute Gasteiger partial charge is 0.471 e. The SMILES string of the molecule is O=C(Cc1cccc2cocc12)NC1CCN(Cc2ccccc2)CC1. The van der Waals surface area contributed by atoms with Crippen LogP contribution in [-0.4, -0.2) is 29.9 Å². The van der Waals surface area contributed by atoms with Crippen molar-refractivity contribution < 1.29 is 9.21 Å². The first-order chi connectivity index (χ1) is 12.8. The molecule has 1 fully saturated rings. The first-order valence-corrected chi connectivity index (χ1v) is 9.27. The van der Waals surface area contributed by atoms with Gasteiger partial charge in [-0.05, 0) is 24.0 Å². The zero-order chi connectivity index (χ0) is 17.8. The molecule has 2 heterocycles. The maximum absolute atomic E-state index is 12.5. The summed E-state index contributed by atoms with van der Waals surface area (Å²) in [4.78, 5) is 14.9. The number of carbonyl (C=O) groups is 1. The summed E-state index contributed by atoms with van der Waals surface area (Å²) in [6.07, 6.45) is 5.86. The van der Waals surface area contributed by atoms with E-state index < -0.39 is 0 Å². The molecule has 1 N–H and O–H groups in total. The van der Waals surface area contributed by atoms with Gasteiger partial charge in [0, 0.05) is 36.4 Å². The van der Waals surface area contributed by atoms with Crippen LogP contribution in [0.5, 0.6) is 0 Å². The van der Waals surface area contributed by atoms with Gasteiger partial charge in [-0.2, -0.15) is 0 Å². The molecule has 0 saturated carbocycles. The number of nitrogens with one attached hydrogen (secondary N) is 1. The molecule has 4 nitrogen and oxygen atoms in total. The van der Waals surface area contributed by atoms with Crippen molar-refractivity contribution in [2.45, 2.75) is 31.8 Å². The Hall–Kier alpha value is -2.59. The first kappa shape index (κ1) is 16.9. The number of furan rings is 1. The van der Waals surface area contributed by atoms with Gasteiger partial charge in [-0.25, -0.2) is 0 Å². The zero-order valence-electron chi connectivity index (χ0n) is 14.9. The van der Waals surface area contributed by atoms with Gasteiger partial charge >= 0.3 is 0 Å². The van der Waals surface area contributed by atoms with Gasteiger partial charge < -0.3 is 9.73 Å². The molecule has 4 heteroatoms. The van der Waals surface area contributed by atoms with Gasteiger partial charge in [-0.1, -0.05) is 48.5 Å². The average Bonchev–Trinajstić information content (AvgIpc) is 3.14. The average molecular weight is 348 g/mol. The summed E-state index contributed by atoms with van der Waals surface area (Å²) in [6.45, 7) is 3.04. The predicted molar refractivity (Wildman–Crippen MR) is 103 cm³/mol. The molecule has 0 atom stereocenters. The molecule has 2 aromatic carbocycles. The Kier molecular flexibility index (Phi) is 5.02. The number of carbonyl (C=O) groups excluding carboxylic acids is 1. The molecule has 1 aliphatic heterocycles. The van der Waals surface area contributed by atoms with E-state index >= 15 is 0 Å². The normalized spacial score (nSPS) is 16.0. The topological polar surface area (TPSA) is 45.5 Å². The third kappa shape index (κ3) is 3.97. The molecular weight excluding hydrogens is 324 g/mol. The molecule has 1 aromatic heterocycles. The van der Waals surface area contributed by atoms with Crippen LogP contribution in [0.2, 0.25) is 0 Å². The molecule has 26 heavy (non-hydrogen) atoms. The van der Waals surface area contributed by atoms with Crippen molar-refractivity contribution in [1.82, 2.24) is 10.2 Å². The van der Waals surface area contributed by atoms with Crippen molar-refractivity contribution in [1.29, 1.82) is 0 Å². The Balaban J connectivity index is 1.27. The highest BCUT2D eigenvalue weighted by atomic mass is 16.3. The van der Waals surface area contributed by atoms with Gasteiger partial charge in [0.15, 0.2) is 0 Å². The lowest BCUT2D eigenvalue weighted by Gasteiger charge is -2.32. The van der Waals surface area contributed by atoms with E-state index in [9.17, 15) is 4.79 Å². The van der Waals surface area contributed by atoms with Gasteiger partial charge in [0.05, 0.1) is 18.9 Å². The summed E-state index contributed by atoms with van der Waals surface area (Å²) in [5.74, 6) is 0.0974. The predicted octanol–water partition coefficient (Wildman–Crippen LogP) is 3.76. The number of rotatable bonds is 5. The van der Waals surface area contributed by atoms with E-state index in [0.29, 0.717) is 6.42 Å². The molecule has 134 valence electrons. The summed E-state index contributed by atoms with van der Waals surface area (Å²) in [5.41, 5.74) is 2.37. The van der Waals surface area contributed by atoms with E-state index in [1.807, 2.05) is 18.2 Å². The van der Waals surface area contributed by atoms with Crippen molar-refractivity contribution in [3.63, 3.8) is 0 Å². The van der Waals surface area contributed by atoms with Gasteiger partial charge in [0.1, 0.15) is 0 Å². The number of likely N-dealkylation sites (tertiary alicyclic amines) is 1. The summed E-state index contributed by atoms with van der Waals surface area (Å²) >= 11 is 0. The summed E-state index contributed by atoms with van der Waals surface area (Å²) in [7, 11) is 0. The van der Waals surface area contributed by atoms with E-state index in [2.05, 4.69) is 40.5 Å². The van der Waals surface area contributed by atoms with Gasteiger partial charge in [-0.3, -0.25) is 9.69 Å². The Morgan fingerprint density at radius 2 is 1.85 bits per heavy atom. The van der Waals surface area contributed by atoms with Crippen molar-refractivity contribution in [3.8, 4) is 0 Å². The second kappa shape index (κ2) is 7.75. The number of hydrogen-bond donors (Lipinski definition) is 1. The number of nitrogens with zero attached hydrogens (tertiary/aromatic N) is 1. The maximum atomic E-state index is 12.5. The Bertz CT molecular complexity index is 864. The first-order valence-electron chi connectivity index (χ1n) is 9.27. The molecular formula is C22H24N2O2. The molecule has 0 unspecified atom stereocenters. The molecule has 3 aromatic rings. The van der Waals surface area contributed by atoms with E-state index in [-0.39, 0.29) is 11.9 Å². The molecule has 1 amide bonds. The fraction of sp³-hybridized carbons (Fsp3) is 0.318. The van der Waals surface area contributed by atoms with Gasteiger partial charge in [0.2, 0.25) is 5.91 Å². The second-order valence-electron chi connectivity index (χ2n) is 7.07. The van der Waals surface area contributed by atoms with Crippen molar-refractivity contribution >= 4 is 16.7 Å². The van der Waals surface area contributed by atoms with Crippen LogP contribution >= 0.6 is 0 Å². The highest BCUT2D eigenvalue weighted by Gasteiger charge is 2.21. The summed E-state index contributed by atoms with van der Waals surface area (Å²) in [6, 6.07) is 16.8. The molecule has 0 radical (unpaired) electrons. The van der Waals surface area contributed by atoms with Crippen molar-refractivity contribution in [2.24, 2.45) is 0 Å². The number of benzene rings is 2. The highest BCUT2D eigenvalue weighted by Crippen LogP contribution is 2.20. The monoisotopic (exact) mass is 348 g/mol. The summed E-state index contributed by atoms with van der Waals surface area (Å²) in [5, 5.41) is 5.29. The molecule has 1 saturated heterocycles. The van der Waals surface area contributed by atoms with E-state index in [0.717, 1.165) is 48.8 Å². The van der Waals surface area contributed by atoms with Crippen LogP contribution in [0.1, 0.15) is 24.0 Å². The second-order valence-corrected chi connectivity index (χ2v) is 7.07. The third-order valence-corrected chi connectivity index (χ3v) is 5.16. The lowest BCUT2D eigenvalue weighted by molar-refractivity contribution is -0.121. The lowest BCUT2D eigenvalue weighted by Crippen LogP contribution is -2.44. The van der Waals surface area contributed by atoms with Crippen LogP contribution in [-0.2, 0) is 17.8 Å². The zero-order valence-corrected chi connectivity index (χ0v) is 14.9. The molecule has 4 rings (SSSR count). The van der Waals surface area contributed by atoms with E-state index in [1.165, 1.54) is 5.56 Å². The van der Waals surface area contributed by atoms with E-state index in [4.69, 9.17) is 4.42 Å². The molecule has 0 aliphatic carbocycles. The van der Waals surface area contributed by atoms with Gasteiger partial charge in [0.25, 0.3) is 0 Å². The summed E-state index contributed by atoms with van der Waals surface area (Å²) < 4.78 is 5.26.